The summed E-state index contributed by atoms with van der Waals surface area (Å²) in [5.74, 6) is -0.105. The van der Waals surface area contributed by atoms with E-state index >= 15 is 0 Å². The van der Waals surface area contributed by atoms with Crippen molar-refractivity contribution in [2.24, 2.45) is 0 Å². The predicted molar refractivity (Wildman–Crippen MR) is 118 cm³/mol. The van der Waals surface area contributed by atoms with E-state index < -0.39 is 14.9 Å². The summed E-state index contributed by atoms with van der Waals surface area (Å²) in [4.78, 5) is 26.5. The molecule has 0 bridgehead atoms. The maximum absolute atomic E-state index is 12.5. The summed E-state index contributed by atoms with van der Waals surface area (Å²) in [6.45, 7) is 6.77. The van der Waals surface area contributed by atoms with E-state index in [1.807, 2.05) is 6.07 Å². The average molecular weight is 447 g/mol. The average Bonchev–Trinajstić information content (AvgIpc) is 2.75. The van der Waals surface area contributed by atoms with Crippen molar-refractivity contribution in [3.05, 3.63) is 63.7 Å². The number of carbonyl (C=O) groups excluding carboxylic acids is 1. The first kappa shape index (κ1) is 22.7. The number of nitro benzene ring substituents is 1. The van der Waals surface area contributed by atoms with E-state index in [0.717, 1.165) is 25.2 Å². The lowest BCUT2D eigenvalue weighted by atomic mass is 10.1. The highest BCUT2D eigenvalue weighted by molar-refractivity contribution is 7.89. The Morgan fingerprint density at radius 2 is 1.71 bits per heavy atom. The number of benzene rings is 2. The smallest absolute Gasteiger partial charge is 0.269 e. The Labute approximate surface area is 181 Å². The first-order valence-corrected chi connectivity index (χ1v) is 11.5. The highest BCUT2D eigenvalue weighted by atomic mass is 32.2. The molecule has 0 aliphatic carbocycles. The first-order chi connectivity index (χ1) is 14.7. The van der Waals surface area contributed by atoms with Gasteiger partial charge in [0.2, 0.25) is 15.9 Å². The fourth-order valence-electron chi connectivity index (χ4n) is 3.56. The molecule has 1 heterocycles. The van der Waals surface area contributed by atoms with Gasteiger partial charge in [0, 0.05) is 57.0 Å². The number of rotatable bonds is 7. The minimum absolute atomic E-state index is 0.0324. The summed E-state index contributed by atoms with van der Waals surface area (Å²) in [6, 6.07) is 10.8. The number of sulfonamides is 1. The van der Waals surface area contributed by atoms with Gasteiger partial charge in [-0.1, -0.05) is 12.1 Å². The molecule has 9 nitrogen and oxygen atoms in total. The molecular formula is C21H26N4O5S. The molecule has 3 rings (SSSR count). The van der Waals surface area contributed by atoms with Gasteiger partial charge < -0.3 is 9.80 Å². The minimum atomic E-state index is -3.83. The molecule has 2 aromatic carbocycles. The number of carbonyl (C=O) groups is 1. The molecule has 0 unspecified atom stereocenters. The van der Waals surface area contributed by atoms with E-state index in [2.05, 4.69) is 35.6 Å². The maximum Gasteiger partial charge on any atom is 0.269 e. The van der Waals surface area contributed by atoms with Gasteiger partial charge in [-0.2, -0.15) is 0 Å². The summed E-state index contributed by atoms with van der Waals surface area (Å²) in [6.07, 6.45) is 0.0513. The predicted octanol–water partition coefficient (Wildman–Crippen LogP) is 2.23. The molecule has 1 aliphatic rings. The zero-order chi connectivity index (χ0) is 22.6. The third-order valence-electron chi connectivity index (χ3n) is 5.54. The molecule has 1 fully saturated rings. The molecule has 0 aromatic heterocycles. The van der Waals surface area contributed by atoms with Crippen molar-refractivity contribution in [3.8, 4) is 0 Å². The van der Waals surface area contributed by atoms with Crippen LogP contribution >= 0.6 is 0 Å². The van der Waals surface area contributed by atoms with Gasteiger partial charge in [-0.25, -0.2) is 13.1 Å². The van der Waals surface area contributed by atoms with Crippen molar-refractivity contribution >= 4 is 27.3 Å². The van der Waals surface area contributed by atoms with Crippen molar-refractivity contribution in [2.75, 3.05) is 37.6 Å². The van der Waals surface area contributed by atoms with Crippen LogP contribution in [0.25, 0.3) is 0 Å². The number of anilines is 1. The number of non-ortho nitro benzene ring substituents is 1. The first-order valence-electron chi connectivity index (χ1n) is 10.0. The molecule has 0 radical (unpaired) electrons. The van der Waals surface area contributed by atoms with E-state index in [1.54, 1.807) is 4.90 Å². The van der Waals surface area contributed by atoms with E-state index in [1.165, 1.54) is 28.9 Å². The van der Waals surface area contributed by atoms with E-state index in [0.29, 0.717) is 13.1 Å². The normalized spacial score (nSPS) is 14.5. The van der Waals surface area contributed by atoms with Gasteiger partial charge in [-0.15, -0.1) is 0 Å². The van der Waals surface area contributed by atoms with Crippen LogP contribution in [0.3, 0.4) is 0 Å². The van der Waals surface area contributed by atoms with Crippen molar-refractivity contribution in [1.29, 1.82) is 0 Å². The number of aryl methyl sites for hydroxylation is 1. The fourth-order valence-corrected chi connectivity index (χ4v) is 4.59. The Hall–Kier alpha value is -2.98. The molecule has 0 saturated carbocycles. The fraction of sp³-hybridized carbons (Fsp3) is 0.381. The summed E-state index contributed by atoms with van der Waals surface area (Å²) in [7, 11) is -3.83. The van der Waals surface area contributed by atoms with Gasteiger partial charge in [0.05, 0.1) is 9.82 Å². The highest BCUT2D eigenvalue weighted by Crippen LogP contribution is 2.24. The van der Waals surface area contributed by atoms with E-state index in [9.17, 15) is 23.3 Å². The van der Waals surface area contributed by atoms with Crippen molar-refractivity contribution < 1.29 is 18.1 Å². The number of piperazine rings is 1. The zero-order valence-electron chi connectivity index (χ0n) is 17.6. The van der Waals surface area contributed by atoms with Crippen molar-refractivity contribution in [1.82, 2.24) is 9.62 Å². The van der Waals surface area contributed by atoms with E-state index in [-0.39, 0.29) is 29.5 Å². The van der Waals surface area contributed by atoms with Crippen molar-refractivity contribution in [2.45, 2.75) is 25.2 Å². The van der Waals surface area contributed by atoms with Gasteiger partial charge in [-0.3, -0.25) is 14.9 Å². The molecule has 1 N–H and O–H groups in total. The van der Waals surface area contributed by atoms with Crippen LogP contribution in [0.15, 0.2) is 47.4 Å². The number of amides is 1. The van der Waals surface area contributed by atoms with Gasteiger partial charge >= 0.3 is 0 Å². The Balaban J connectivity index is 1.49. The van der Waals surface area contributed by atoms with Crippen LogP contribution in [0.4, 0.5) is 11.4 Å². The second-order valence-corrected chi connectivity index (χ2v) is 9.25. The summed E-state index contributed by atoms with van der Waals surface area (Å²) < 4.78 is 27.0. The Kier molecular flexibility index (Phi) is 6.91. The second-order valence-electron chi connectivity index (χ2n) is 7.49. The Bertz CT molecular complexity index is 1060. The number of hydrogen-bond donors (Lipinski definition) is 1. The maximum atomic E-state index is 12.5. The third kappa shape index (κ3) is 5.39. The lowest BCUT2D eigenvalue weighted by molar-refractivity contribution is -0.384. The molecule has 31 heavy (non-hydrogen) atoms. The molecule has 1 aliphatic heterocycles. The number of hydrogen-bond acceptors (Lipinski definition) is 6. The van der Waals surface area contributed by atoms with Crippen LogP contribution in [0.2, 0.25) is 0 Å². The standard InChI is InChI=1S/C21H26N4O5S/c1-16-4-3-5-20(17(16)2)23-12-14-24(15-13-23)21(26)10-11-22-31(29,30)19-8-6-18(7-9-19)25(27)28/h3-9,22H,10-15H2,1-2H3. The topological polar surface area (TPSA) is 113 Å². The lowest BCUT2D eigenvalue weighted by Gasteiger charge is -2.37. The van der Waals surface area contributed by atoms with Crippen molar-refractivity contribution in [3.63, 3.8) is 0 Å². The monoisotopic (exact) mass is 446 g/mol. The third-order valence-corrected chi connectivity index (χ3v) is 7.01. The second kappa shape index (κ2) is 9.44. The quantitative estimate of drug-likeness (QED) is 0.515. The Morgan fingerprint density at radius 1 is 1.06 bits per heavy atom. The van der Waals surface area contributed by atoms with Gasteiger partial charge in [-0.05, 0) is 43.2 Å². The van der Waals surface area contributed by atoms with Gasteiger partial charge in [0.1, 0.15) is 0 Å². The summed E-state index contributed by atoms with van der Waals surface area (Å²) >= 11 is 0. The molecule has 166 valence electrons. The largest absolute Gasteiger partial charge is 0.368 e. The summed E-state index contributed by atoms with van der Waals surface area (Å²) in [5.41, 5.74) is 3.47. The lowest BCUT2D eigenvalue weighted by Crippen LogP contribution is -2.49. The highest BCUT2D eigenvalue weighted by Gasteiger charge is 2.23. The zero-order valence-corrected chi connectivity index (χ0v) is 18.4. The van der Waals surface area contributed by atoms with Crippen LogP contribution < -0.4 is 9.62 Å². The molecule has 0 spiro atoms. The number of nitro groups is 1. The van der Waals surface area contributed by atoms with Crippen LogP contribution in [0, 0.1) is 24.0 Å². The van der Waals surface area contributed by atoms with Crippen LogP contribution in [-0.4, -0.2) is 56.9 Å². The summed E-state index contributed by atoms with van der Waals surface area (Å²) in [5, 5.41) is 10.7. The van der Waals surface area contributed by atoms with E-state index in [4.69, 9.17) is 0 Å². The molecule has 1 saturated heterocycles. The van der Waals surface area contributed by atoms with Crippen LogP contribution in [-0.2, 0) is 14.8 Å². The molecule has 2 aromatic rings. The van der Waals surface area contributed by atoms with Crippen LogP contribution in [0.1, 0.15) is 17.5 Å². The van der Waals surface area contributed by atoms with Gasteiger partial charge in [0.15, 0.2) is 0 Å². The SMILES string of the molecule is Cc1cccc(N2CCN(C(=O)CCNS(=O)(=O)c3ccc([N+](=O)[O-])cc3)CC2)c1C. The number of nitrogens with zero attached hydrogens (tertiary/aromatic N) is 3. The Morgan fingerprint density at radius 3 is 2.32 bits per heavy atom. The minimum Gasteiger partial charge on any atom is -0.368 e. The molecular weight excluding hydrogens is 420 g/mol. The molecule has 10 heteroatoms. The molecule has 0 atom stereocenters. The number of nitrogens with one attached hydrogen (secondary N) is 1. The molecule has 1 amide bonds. The van der Waals surface area contributed by atoms with Crippen LogP contribution in [0.5, 0.6) is 0 Å². The van der Waals surface area contributed by atoms with Gasteiger partial charge in [0.25, 0.3) is 5.69 Å².